The molecular formula is C17H19N3O4. The van der Waals surface area contributed by atoms with E-state index in [1.54, 1.807) is 23.3 Å². The molecule has 0 radical (unpaired) electrons. The maximum absolute atomic E-state index is 12.3. The zero-order valence-electron chi connectivity index (χ0n) is 13.4. The first-order valence-corrected chi connectivity index (χ1v) is 7.84. The lowest BCUT2D eigenvalue weighted by Crippen LogP contribution is -2.42. The number of rotatable bonds is 3. The smallest absolute Gasteiger partial charge is 0.321 e. The number of aliphatic carboxylic acids is 1. The van der Waals surface area contributed by atoms with Gasteiger partial charge in [-0.25, -0.2) is 9.78 Å². The van der Waals surface area contributed by atoms with Gasteiger partial charge in [-0.2, -0.15) is 0 Å². The van der Waals surface area contributed by atoms with Crippen LogP contribution in [-0.4, -0.2) is 40.1 Å². The molecule has 0 unspecified atom stereocenters. The molecule has 0 spiro atoms. The highest BCUT2D eigenvalue weighted by Crippen LogP contribution is 2.23. The number of aromatic nitrogens is 1. The number of hydrogen-bond donors (Lipinski definition) is 2. The van der Waals surface area contributed by atoms with Crippen molar-refractivity contribution < 1.29 is 19.1 Å². The van der Waals surface area contributed by atoms with Gasteiger partial charge < -0.3 is 19.7 Å². The van der Waals surface area contributed by atoms with Crippen LogP contribution in [0.25, 0.3) is 11.5 Å². The van der Waals surface area contributed by atoms with Crippen LogP contribution >= 0.6 is 0 Å². The van der Waals surface area contributed by atoms with E-state index >= 15 is 0 Å². The number of aryl methyl sites for hydroxylation is 1. The largest absolute Gasteiger partial charge is 0.481 e. The number of likely N-dealkylation sites (tertiary alicyclic amines) is 1. The van der Waals surface area contributed by atoms with Crippen LogP contribution < -0.4 is 5.32 Å². The maximum atomic E-state index is 12.3. The van der Waals surface area contributed by atoms with Gasteiger partial charge >= 0.3 is 12.0 Å². The fourth-order valence-electron chi connectivity index (χ4n) is 2.75. The van der Waals surface area contributed by atoms with Crippen LogP contribution in [0.1, 0.15) is 18.5 Å². The minimum atomic E-state index is -0.788. The number of carbonyl (C=O) groups is 2. The highest BCUT2D eigenvalue weighted by Gasteiger charge is 2.27. The van der Waals surface area contributed by atoms with Gasteiger partial charge in [0, 0.05) is 24.3 Å². The quantitative estimate of drug-likeness (QED) is 0.902. The number of benzene rings is 1. The van der Waals surface area contributed by atoms with Crippen molar-refractivity contribution in [3.05, 3.63) is 36.2 Å². The normalized spacial score (nSPS) is 15.3. The van der Waals surface area contributed by atoms with Gasteiger partial charge in [-0.1, -0.05) is 6.07 Å². The number of carboxylic acid groups (broad SMARTS) is 1. The Labute approximate surface area is 139 Å². The second kappa shape index (κ2) is 6.74. The van der Waals surface area contributed by atoms with Gasteiger partial charge in [0.2, 0.25) is 5.89 Å². The Balaban J connectivity index is 1.64. The molecule has 7 nitrogen and oxygen atoms in total. The molecule has 126 valence electrons. The minimum Gasteiger partial charge on any atom is -0.481 e. The second-order valence-electron chi connectivity index (χ2n) is 5.90. The number of oxazole rings is 1. The van der Waals surface area contributed by atoms with Gasteiger partial charge in [-0.05, 0) is 38.0 Å². The summed E-state index contributed by atoms with van der Waals surface area (Å²) >= 11 is 0. The van der Waals surface area contributed by atoms with Crippen LogP contribution in [0.3, 0.4) is 0 Å². The molecule has 1 aliphatic rings. The van der Waals surface area contributed by atoms with E-state index in [-0.39, 0.29) is 11.9 Å². The van der Waals surface area contributed by atoms with Crippen LogP contribution in [0.4, 0.5) is 10.5 Å². The molecule has 2 amide bonds. The van der Waals surface area contributed by atoms with Crippen molar-refractivity contribution >= 4 is 17.7 Å². The van der Waals surface area contributed by atoms with Gasteiger partial charge in [0.1, 0.15) is 6.26 Å². The monoisotopic (exact) mass is 329 g/mol. The first-order chi connectivity index (χ1) is 11.5. The van der Waals surface area contributed by atoms with Crippen molar-refractivity contribution in [3.8, 4) is 11.5 Å². The number of nitrogens with one attached hydrogen (secondary N) is 1. The number of piperidine rings is 1. The third-order valence-corrected chi connectivity index (χ3v) is 4.11. The molecule has 1 saturated heterocycles. The standard InChI is InChI=1S/C17H19N3O4/c1-11-10-24-15(18-11)13-3-2-4-14(9-13)19-17(23)20-7-5-12(6-8-20)16(21)22/h2-4,9-10,12H,5-8H2,1H3,(H,19,23)(H,21,22). The van der Waals surface area contributed by atoms with Crippen molar-refractivity contribution in [1.82, 2.24) is 9.88 Å². The molecule has 2 heterocycles. The first kappa shape index (κ1) is 16.0. The summed E-state index contributed by atoms with van der Waals surface area (Å²) in [6, 6.07) is 7.05. The lowest BCUT2D eigenvalue weighted by Gasteiger charge is -2.30. The second-order valence-corrected chi connectivity index (χ2v) is 5.90. The van der Waals surface area contributed by atoms with E-state index in [2.05, 4.69) is 10.3 Å². The van der Waals surface area contributed by atoms with E-state index in [1.165, 1.54) is 0 Å². The Kier molecular flexibility index (Phi) is 4.50. The summed E-state index contributed by atoms with van der Waals surface area (Å²) in [6.07, 6.45) is 2.55. The molecule has 2 N–H and O–H groups in total. The Morgan fingerprint density at radius 3 is 2.71 bits per heavy atom. The fraction of sp³-hybridized carbons (Fsp3) is 0.353. The van der Waals surface area contributed by atoms with Gasteiger partial charge in [-0.15, -0.1) is 0 Å². The molecule has 24 heavy (non-hydrogen) atoms. The molecule has 1 aromatic carbocycles. The molecule has 3 rings (SSSR count). The molecule has 1 aromatic heterocycles. The van der Waals surface area contributed by atoms with Gasteiger partial charge in [0.25, 0.3) is 0 Å². The highest BCUT2D eigenvalue weighted by molar-refractivity contribution is 5.90. The summed E-state index contributed by atoms with van der Waals surface area (Å²) in [7, 11) is 0. The Morgan fingerprint density at radius 1 is 1.33 bits per heavy atom. The molecule has 7 heteroatoms. The Hall–Kier alpha value is -2.83. The zero-order chi connectivity index (χ0) is 17.1. The number of carboxylic acids is 1. The van der Waals surface area contributed by atoms with Crippen molar-refractivity contribution in [2.75, 3.05) is 18.4 Å². The predicted molar refractivity (Wildman–Crippen MR) is 87.6 cm³/mol. The first-order valence-electron chi connectivity index (χ1n) is 7.84. The van der Waals surface area contributed by atoms with E-state index in [4.69, 9.17) is 9.52 Å². The molecule has 1 aliphatic heterocycles. The fourth-order valence-corrected chi connectivity index (χ4v) is 2.75. The van der Waals surface area contributed by atoms with Crippen LogP contribution in [0.15, 0.2) is 34.9 Å². The molecular weight excluding hydrogens is 310 g/mol. The number of anilines is 1. The summed E-state index contributed by atoms with van der Waals surface area (Å²) in [4.78, 5) is 29.2. The van der Waals surface area contributed by atoms with E-state index in [0.29, 0.717) is 37.5 Å². The van der Waals surface area contributed by atoms with Crippen molar-refractivity contribution in [1.29, 1.82) is 0 Å². The molecule has 2 aromatic rings. The molecule has 0 aliphatic carbocycles. The SMILES string of the molecule is Cc1coc(-c2cccc(NC(=O)N3CCC(C(=O)O)CC3)c2)n1. The number of hydrogen-bond acceptors (Lipinski definition) is 4. The van der Waals surface area contributed by atoms with Gasteiger partial charge in [0.15, 0.2) is 0 Å². The highest BCUT2D eigenvalue weighted by atomic mass is 16.4. The number of urea groups is 1. The van der Waals surface area contributed by atoms with Crippen molar-refractivity contribution in [3.63, 3.8) is 0 Å². The van der Waals surface area contributed by atoms with Crippen LogP contribution in [-0.2, 0) is 4.79 Å². The van der Waals surface area contributed by atoms with E-state index in [9.17, 15) is 9.59 Å². The summed E-state index contributed by atoms with van der Waals surface area (Å²) in [6.45, 7) is 2.74. The average Bonchev–Trinajstić information content (AvgIpc) is 3.02. The zero-order valence-corrected chi connectivity index (χ0v) is 13.4. The maximum Gasteiger partial charge on any atom is 0.321 e. The van der Waals surface area contributed by atoms with Crippen LogP contribution in [0, 0.1) is 12.8 Å². The molecule has 0 saturated carbocycles. The lowest BCUT2D eigenvalue weighted by molar-refractivity contribution is -0.143. The lowest BCUT2D eigenvalue weighted by atomic mass is 9.97. The van der Waals surface area contributed by atoms with Crippen LogP contribution in [0.5, 0.6) is 0 Å². The number of carbonyl (C=O) groups excluding carboxylic acids is 1. The Bertz CT molecular complexity index is 748. The summed E-state index contributed by atoms with van der Waals surface area (Å²) < 4.78 is 5.37. The third kappa shape index (κ3) is 3.56. The number of nitrogens with zero attached hydrogens (tertiary/aromatic N) is 2. The molecule has 0 atom stereocenters. The van der Waals surface area contributed by atoms with E-state index in [0.717, 1.165) is 11.3 Å². The van der Waals surface area contributed by atoms with E-state index < -0.39 is 5.97 Å². The average molecular weight is 329 g/mol. The third-order valence-electron chi connectivity index (χ3n) is 4.11. The molecule has 0 bridgehead atoms. The summed E-state index contributed by atoms with van der Waals surface area (Å²) in [5.74, 6) is -0.638. The van der Waals surface area contributed by atoms with Gasteiger partial charge in [0.05, 0.1) is 11.6 Å². The van der Waals surface area contributed by atoms with Gasteiger partial charge in [-0.3, -0.25) is 4.79 Å². The Morgan fingerprint density at radius 2 is 2.08 bits per heavy atom. The van der Waals surface area contributed by atoms with Crippen molar-refractivity contribution in [2.24, 2.45) is 5.92 Å². The van der Waals surface area contributed by atoms with Crippen molar-refractivity contribution in [2.45, 2.75) is 19.8 Å². The number of amides is 2. The summed E-state index contributed by atoms with van der Waals surface area (Å²) in [5, 5.41) is 11.8. The van der Waals surface area contributed by atoms with Crippen LogP contribution in [0.2, 0.25) is 0 Å². The summed E-state index contributed by atoms with van der Waals surface area (Å²) in [5.41, 5.74) is 2.22. The van der Waals surface area contributed by atoms with E-state index in [1.807, 2.05) is 19.1 Å². The predicted octanol–water partition coefficient (Wildman–Crippen LogP) is 2.98. The molecule has 1 fully saturated rings. The minimum absolute atomic E-state index is 0.223. The topological polar surface area (TPSA) is 95.7 Å².